The molecule has 0 heterocycles. The van der Waals surface area contributed by atoms with Crippen LogP contribution < -0.4 is 5.32 Å². The van der Waals surface area contributed by atoms with Gasteiger partial charge in [-0.2, -0.15) is 0 Å². The molecular weight excluding hydrogens is 165 g/mol. The normalized spacial score (nSPS) is 12.1. The van der Waals surface area contributed by atoms with Gasteiger partial charge in [0, 0.05) is 12.5 Å². The van der Waals surface area contributed by atoms with E-state index in [0.717, 1.165) is 5.56 Å². The van der Waals surface area contributed by atoms with E-state index in [2.05, 4.69) is 11.2 Å². The van der Waals surface area contributed by atoms with Crippen molar-refractivity contribution >= 4 is 0 Å². The predicted molar refractivity (Wildman–Crippen MR) is 51.7 cm³/mol. The second-order valence-electron chi connectivity index (χ2n) is 2.80. The van der Waals surface area contributed by atoms with Crippen molar-refractivity contribution in [3.63, 3.8) is 0 Å². The van der Waals surface area contributed by atoms with Crippen LogP contribution in [0, 0.1) is 18.2 Å². The molecule has 1 atom stereocenters. The highest BCUT2D eigenvalue weighted by Gasteiger charge is 2.06. The monoisotopic (exact) mass is 177 g/mol. The van der Waals surface area contributed by atoms with Gasteiger partial charge in [0.1, 0.15) is 5.82 Å². The lowest BCUT2D eigenvalue weighted by Gasteiger charge is -2.12. The third-order valence-corrected chi connectivity index (χ3v) is 1.94. The summed E-state index contributed by atoms with van der Waals surface area (Å²) < 4.78 is 12.6. The van der Waals surface area contributed by atoms with E-state index in [1.165, 1.54) is 12.1 Å². The summed E-state index contributed by atoms with van der Waals surface area (Å²) in [5.41, 5.74) is 1.02. The van der Waals surface area contributed by atoms with Crippen LogP contribution in [0.3, 0.4) is 0 Å². The molecule has 0 aromatic heterocycles. The second-order valence-corrected chi connectivity index (χ2v) is 2.80. The zero-order valence-corrected chi connectivity index (χ0v) is 7.55. The number of terminal acetylenes is 1. The Morgan fingerprint density at radius 3 is 2.54 bits per heavy atom. The highest BCUT2D eigenvalue weighted by Crippen LogP contribution is 2.15. The molecule has 0 bridgehead atoms. The minimum atomic E-state index is -0.223. The number of hydrogen-bond acceptors (Lipinski definition) is 1. The fourth-order valence-electron chi connectivity index (χ4n) is 1.20. The average molecular weight is 177 g/mol. The molecule has 0 spiro atoms. The fourth-order valence-corrected chi connectivity index (χ4v) is 1.20. The summed E-state index contributed by atoms with van der Waals surface area (Å²) in [6.07, 6.45) is 5.82. The SMILES string of the molecule is C#CCC(NC)c1ccc(F)cc1. The minimum absolute atomic E-state index is 0.116. The van der Waals surface area contributed by atoms with E-state index in [0.29, 0.717) is 6.42 Å². The van der Waals surface area contributed by atoms with E-state index in [9.17, 15) is 4.39 Å². The molecule has 0 radical (unpaired) electrons. The van der Waals surface area contributed by atoms with Crippen molar-refractivity contribution in [1.82, 2.24) is 5.32 Å². The van der Waals surface area contributed by atoms with Crippen molar-refractivity contribution in [2.24, 2.45) is 0 Å². The summed E-state index contributed by atoms with van der Waals surface area (Å²) in [7, 11) is 1.84. The molecule has 1 N–H and O–H groups in total. The molecule has 0 saturated heterocycles. The van der Waals surface area contributed by atoms with Gasteiger partial charge in [0.05, 0.1) is 0 Å². The summed E-state index contributed by atoms with van der Waals surface area (Å²) in [4.78, 5) is 0. The van der Waals surface area contributed by atoms with Gasteiger partial charge in [0.15, 0.2) is 0 Å². The highest BCUT2D eigenvalue weighted by molar-refractivity contribution is 5.21. The molecule has 0 aliphatic carbocycles. The average Bonchev–Trinajstić information content (AvgIpc) is 2.16. The smallest absolute Gasteiger partial charge is 0.123 e. The first-order valence-electron chi connectivity index (χ1n) is 4.14. The lowest BCUT2D eigenvalue weighted by Crippen LogP contribution is -2.15. The number of halogens is 1. The Morgan fingerprint density at radius 2 is 2.08 bits per heavy atom. The van der Waals surface area contributed by atoms with Gasteiger partial charge < -0.3 is 5.32 Å². The second kappa shape index (κ2) is 4.64. The molecule has 1 aromatic carbocycles. The fraction of sp³-hybridized carbons (Fsp3) is 0.273. The standard InChI is InChI=1S/C11H12FN/c1-3-4-11(13-2)9-5-7-10(12)8-6-9/h1,5-8,11,13H,4H2,2H3. The Hall–Kier alpha value is -1.33. The van der Waals surface area contributed by atoms with Gasteiger partial charge in [-0.15, -0.1) is 12.3 Å². The summed E-state index contributed by atoms with van der Waals surface area (Å²) in [5, 5.41) is 3.07. The Labute approximate surface area is 78.0 Å². The van der Waals surface area contributed by atoms with E-state index in [1.807, 2.05) is 7.05 Å². The number of nitrogens with one attached hydrogen (secondary N) is 1. The van der Waals surface area contributed by atoms with Crippen molar-refractivity contribution in [3.05, 3.63) is 35.6 Å². The van der Waals surface area contributed by atoms with Gasteiger partial charge in [-0.25, -0.2) is 4.39 Å². The molecule has 1 nitrogen and oxygen atoms in total. The summed E-state index contributed by atoms with van der Waals surface area (Å²) in [6, 6.07) is 6.49. The maximum atomic E-state index is 12.6. The molecule has 0 aliphatic heterocycles. The van der Waals surface area contributed by atoms with Crippen LogP contribution in [-0.4, -0.2) is 7.05 Å². The van der Waals surface area contributed by atoms with Crippen molar-refractivity contribution in [2.45, 2.75) is 12.5 Å². The summed E-state index contributed by atoms with van der Waals surface area (Å²) >= 11 is 0. The van der Waals surface area contributed by atoms with Gasteiger partial charge in [0.2, 0.25) is 0 Å². The van der Waals surface area contributed by atoms with E-state index >= 15 is 0 Å². The minimum Gasteiger partial charge on any atom is -0.312 e. The van der Waals surface area contributed by atoms with Crippen LogP contribution in [0.1, 0.15) is 18.0 Å². The van der Waals surface area contributed by atoms with Crippen molar-refractivity contribution in [3.8, 4) is 12.3 Å². The molecule has 13 heavy (non-hydrogen) atoms. The zero-order valence-electron chi connectivity index (χ0n) is 7.55. The molecule has 0 amide bonds. The highest BCUT2D eigenvalue weighted by atomic mass is 19.1. The Bertz CT molecular complexity index is 297. The van der Waals surface area contributed by atoms with Crippen molar-refractivity contribution in [2.75, 3.05) is 7.05 Å². The molecular formula is C11H12FN. The van der Waals surface area contributed by atoms with E-state index in [4.69, 9.17) is 6.42 Å². The van der Waals surface area contributed by atoms with Crippen LogP contribution >= 0.6 is 0 Å². The predicted octanol–water partition coefficient (Wildman–Crippen LogP) is 2.11. The van der Waals surface area contributed by atoms with Crippen LogP contribution in [0.15, 0.2) is 24.3 Å². The number of benzene rings is 1. The topological polar surface area (TPSA) is 12.0 Å². The maximum absolute atomic E-state index is 12.6. The summed E-state index contributed by atoms with van der Waals surface area (Å²) in [5.74, 6) is 2.35. The maximum Gasteiger partial charge on any atom is 0.123 e. The quantitative estimate of drug-likeness (QED) is 0.697. The zero-order chi connectivity index (χ0) is 9.68. The number of rotatable bonds is 3. The molecule has 1 unspecified atom stereocenters. The molecule has 68 valence electrons. The third kappa shape index (κ3) is 2.57. The molecule has 1 aromatic rings. The Kier molecular flexibility index (Phi) is 3.48. The third-order valence-electron chi connectivity index (χ3n) is 1.94. The van der Waals surface area contributed by atoms with Gasteiger partial charge >= 0.3 is 0 Å². The van der Waals surface area contributed by atoms with Gasteiger partial charge in [-0.1, -0.05) is 12.1 Å². The number of hydrogen-bond donors (Lipinski definition) is 1. The van der Waals surface area contributed by atoms with Crippen molar-refractivity contribution in [1.29, 1.82) is 0 Å². The van der Waals surface area contributed by atoms with Crippen LogP contribution in [-0.2, 0) is 0 Å². The van der Waals surface area contributed by atoms with Crippen LogP contribution in [0.5, 0.6) is 0 Å². The summed E-state index contributed by atoms with van der Waals surface area (Å²) in [6.45, 7) is 0. The lowest BCUT2D eigenvalue weighted by atomic mass is 10.0. The molecule has 1 rings (SSSR count). The van der Waals surface area contributed by atoms with Gasteiger partial charge in [-0.3, -0.25) is 0 Å². The first-order valence-corrected chi connectivity index (χ1v) is 4.14. The Balaban J connectivity index is 2.80. The lowest BCUT2D eigenvalue weighted by molar-refractivity contribution is 0.601. The van der Waals surface area contributed by atoms with E-state index in [-0.39, 0.29) is 11.9 Å². The van der Waals surface area contributed by atoms with E-state index < -0.39 is 0 Å². The van der Waals surface area contributed by atoms with Crippen molar-refractivity contribution < 1.29 is 4.39 Å². The van der Waals surface area contributed by atoms with E-state index in [1.54, 1.807) is 12.1 Å². The van der Waals surface area contributed by atoms with Gasteiger partial charge in [-0.05, 0) is 24.7 Å². The Morgan fingerprint density at radius 1 is 1.46 bits per heavy atom. The largest absolute Gasteiger partial charge is 0.312 e. The molecule has 0 fully saturated rings. The van der Waals surface area contributed by atoms with Gasteiger partial charge in [0.25, 0.3) is 0 Å². The molecule has 0 aliphatic rings. The van der Waals surface area contributed by atoms with Crippen LogP contribution in [0.2, 0.25) is 0 Å². The van der Waals surface area contributed by atoms with Crippen LogP contribution in [0.25, 0.3) is 0 Å². The first kappa shape index (κ1) is 9.76. The molecule has 0 saturated carbocycles. The van der Waals surface area contributed by atoms with Crippen LogP contribution in [0.4, 0.5) is 4.39 Å². The first-order chi connectivity index (χ1) is 6.27. The molecule has 2 heteroatoms.